The second kappa shape index (κ2) is 5.40. The molecule has 1 aliphatic rings. The Labute approximate surface area is 132 Å². The molecule has 0 radical (unpaired) electrons. The summed E-state index contributed by atoms with van der Waals surface area (Å²) in [5, 5.41) is 14.6. The maximum Gasteiger partial charge on any atom is 0.0688 e. The molecule has 114 valence electrons. The van der Waals surface area contributed by atoms with Gasteiger partial charge in [-0.15, -0.1) is 11.3 Å². The van der Waals surface area contributed by atoms with Crippen LogP contribution >= 0.6 is 11.3 Å². The number of hydrogen-bond donors (Lipinski definition) is 1. The number of thiophene rings is 1. The molecule has 3 rings (SSSR count). The fraction of sp³-hybridized carbons (Fsp3) is 0.579. The summed E-state index contributed by atoms with van der Waals surface area (Å²) in [6.45, 7) is 6.98. The first-order valence-electron chi connectivity index (χ1n) is 8.05. The van der Waals surface area contributed by atoms with E-state index in [4.69, 9.17) is 0 Å². The number of hydrogen-bond acceptors (Lipinski definition) is 2. The Hall–Kier alpha value is -0.860. The molecule has 1 heterocycles. The molecule has 1 nitrogen and oxygen atoms in total. The number of aliphatic hydroxyl groups is 1. The Bertz CT molecular complexity index is 612. The lowest BCUT2D eigenvalue weighted by Crippen LogP contribution is -2.39. The van der Waals surface area contributed by atoms with Crippen LogP contribution in [0.4, 0.5) is 0 Å². The van der Waals surface area contributed by atoms with Crippen LogP contribution in [0.2, 0.25) is 0 Å². The van der Waals surface area contributed by atoms with Crippen molar-refractivity contribution in [3.8, 4) is 0 Å². The van der Waals surface area contributed by atoms with Gasteiger partial charge < -0.3 is 5.11 Å². The second-order valence-corrected chi connectivity index (χ2v) is 8.71. The minimum atomic E-state index is -0.494. The van der Waals surface area contributed by atoms with Crippen molar-refractivity contribution in [1.29, 1.82) is 0 Å². The lowest BCUT2D eigenvalue weighted by atomic mass is 9.67. The molecule has 1 fully saturated rings. The summed E-state index contributed by atoms with van der Waals surface area (Å²) in [4.78, 5) is 0. The average molecular weight is 302 g/mol. The van der Waals surface area contributed by atoms with Crippen molar-refractivity contribution in [3.05, 3.63) is 35.2 Å². The molecule has 0 aliphatic heterocycles. The molecule has 0 unspecified atom stereocenters. The summed E-state index contributed by atoms with van der Waals surface area (Å²) in [5.41, 5.74) is 1.20. The third-order valence-corrected chi connectivity index (χ3v) is 6.23. The molecule has 0 spiro atoms. The van der Waals surface area contributed by atoms with Crippen LogP contribution < -0.4 is 0 Å². The van der Waals surface area contributed by atoms with Crippen LogP contribution in [-0.2, 0) is 6.42 Å². The van der Waals surface area contributed by atoms with E-state index in [-0.39, 0.29) is 0 Å². The summed E-state index contributed by atoms with van der Waals surface area (Å²) >= 11 is 1.79. The third-order valence-electron chi connectivity index (χ3n) is 5.22. The minimum absolute atomic E-state index is 0.371. The fourth-order valence-electron chi connectivity index (χ4n) is 3.72. The summed E-state index contributed by atoms with van der Waals surface area (Å²) in [6.07, 6.45) is 5.01. The molecule has 0 saturated heterocycles. The first-order valence-corrected chi connectivity index (χ1v) is 8.93. The Morgan fingerprint density at radius 2 is 1.86 bits per heavy atom. The van der Waals surface area contributed by atoms with Gasteiger partial charge in [-0.25, -0.2) is 0 Å². The van der Waals surface area contributed by atoms with Crippen LogP contribution in [-0.4, -0.2) is 10.7 Å². The van der Waals surface area contributed by atoms with E-state index in [0.29, 0.717) is 5.41 Å². The SMILES string of the molecule is CC(C)(C)C1CCC(O)(Cc2csc3ccccc23)CC1. The topological polar surface area (TPSA) is 20.2 Å². The van der Waals surface area contributed by atoms with E-state index < -0.39 is 5.60 Å². The van der Waals surface area contributed by atoms with Gasteiger partial charge in [-0.05, 0) is 59.4 Å². The van der Waals surface area contributed by atoms with E-state index in [2.05, 4.69) is 50.4 Å². The molecule has 1 saturated carbocycles. The standard InChI is InChI=1S/C19H26OS/c1-18(2,3)15-8-10-19(20,11-9-15)12-14-13-21-17-7-5-4-6-16(14)17/h4-7,13,15,20H,8-12H2,1-3H3. The molecule has 1 aromatic carbocycles. The highest BCUT2D eigenvalue weighted by Gasteiger charge is 2.37. The van der Waals surface area contributed by atoms with Crippen LogP contribution in [0.1, 0.15) is 52.0 Å². The largest absolute Gasteiger partial charge is 0.390 e. The van der Waals surface area contributed by atoms with Crippen LogP contribution in [0, 0.1) is 11.3 Å². The van der Waals surface area contributed by atoms with Gasteiger partial charge in [0.15, 0.2) is 0 Å². The van der Waals surface area contributed by atoms with Gasteiger partial charge in [0, 0.05) is 11.1 Å². The summed E-state index contributed by atoms with van der Waals surface area (Å²) < 4.78 is 1.33. The van der Waals surface area contributed by atoms with E-state index in [9.17, 15) is 5.11 Å². The Balaban J connectivity index is 1.73. The molecule has 1 aromatic heterocycles. The fourth-order valence-corrected chi connectivity index (χ4v) is 4.68. The highest BCUT2D eigenvalue weighted by atomic mass is 32.1. The quantitative estimate of drug-likeness (QED) is 0.786. The van der Waals surface area contributed by atoms with Crippen molar-refractivity contribution in [2.75, 3.05) is 0 Å². The highest BCUT2D eigenvalue weighted by Crippen LogP contribution is 2.43. The molecular formula is C19H26OS. The highest BCUT2D eigenvalue weighted by molar-refractivity contribution is 7.17. The van der Waals surface area contributed by atoms with Gasteiger partial charge in [0.2, 0.25) is 0 Å². The van der Waals surface area contributed by atoms with Crippen molar-refractivity contribution >= 4 is 21.4 Å². The molecule has 1 N–H and O–H groups in total. The van der Waals surface area contributed by atoms with Crippen LogP contribution in [0.3, 0.4) is 0 Å². The minimum Gasteiger partial charge on any atom is -0.390 e. The maximum absolute atomic E-state index is 11.0. The van der Waals surface area contributed by atoms with Gasteiger partial charge in [-0.2, -0.15) is 0 Å². The Morgan fingerprint density at radius 3 is 2.52 bits per heavy atom. The van der Waals surface area contributed by atoms with Gasteiger partial charge in [-0.3, -0.25) is 0 Å². The molecule has 2 aromatic rings. The molecule has 0 bridgehead atoms. The van der Waals surface area contributed by atoms with E-state index >= 15 is 0 Å². The zero-order chi connectivity index (χ0) is 15.1. The molecular weight excluding hydrogens is 276 g/mol. The summed E-state index contributed by atoms with van der Waals surface area (Å²) in [7, 11) is 0. The lowest BCUT2D eigenvalue weighted by molar-refractivity contribution is -0.0242. The van der Waals surface area contributed by atoms with Gasteiger partial charge >= 0.3 is 0 Å². The predicted molar refractivity (Wildman–Crippen MR) is 91.9 cm³/mol. The van der Waals surface area contributed by atoms with Crippen molar-refractivity contribution in [1.82, 2.24) is 0 Å². The number of fused-ring (bicyclic) bond motifs is 1. The lowest BCUT2D eigenvalue weighted by Gasteiger charge is -2.41. The average Bonchev–Trinajstić information content (AvgIpc) is 2.81. The monoisotopic (exact) mass is 302 g/mol. The van der Waals surface area contributed by atoms with E-state index in [1.807, 2.05) is 0 Å². The van der Waals surface area contributed by atoms with Gasteiger partial charge in [0.25, 0.3) is 0 Å². The first kappa shape index (κ1) is 15.1. The van der Waals surface area contributed by atoms with Crippen molar-refractivity contribution in [2.45, 2.75) is 58.5 Å². The zero-order valence-corrected chi connectivity index (χ0v) is 14.2. The number of benzene rings is 1. The Morgan fingerprint density at radius 1 is 1.19 bits per heavy atom. The Kier molecular flexibility index (Phi) is 3.87. The van der Waals surface area contributed by atoms with E-state index in [1.165, 1.54) is 15.6 Å². The first-order chi connectivity index (χ1) is 9.87. The molecule has 2 heteroatoms. The molecule has 0 atom stereocenters. The van der Waals surface area contributed by atoms with Gasteiger partial charge in [0.05, 0.1) is 5.60 Å². The molecule has 21 heavy (non-hydrogen) atoms. The van der Waals surface area contributed by atoms with Gasteiger partial charge in [-0.1, -0.05) is 39.0 Å². The number of rotatable bonds is 2. The molecule has 1 aliphatic carbocycles. The normalized spacial score (nSPS) is 27.1. The maximum atomic E-state index is 11.0. The third kappa shape index (κ3) is 3.17. The van der Waals surface area contributed by atoms with Gasteiger partial charge in [0.1, 0.15) is 0 Å². The van der Waals surface area contributed by atoms with Crippen molar-refractivity contribution in [2.24, 2.45) is 11.3 Å². The van der Waals surface area contributed by atoms with Crippen LogP contribution in [0.25, 0.3) is 10.1 Å². The van der Waals surface area contributed by atoms with E-state index in [1.54, 1.807) is 11.3 Å². The predicted octanol–water partition coefficient (Wildman–Crippen LogP) is 5.41. The second-order valence-electron chi connectivity index (χ2n) is 7.80. The van der Waals surface area contributed by atoms with Crippen LogP contribution in [0.5, 0.6) is 0 Å². The van der Waals surface area contributed by atoms with Crippen molar-refractivity contribution in [3.63, 3.8) is 0 Å². The smallest absolute Gasteiger partial charge is 0.0688 e. The summed E-state index contributed by atoms with van der Waals surface area (Å²) in [5.74, 6) is 0.747. The van der Waals surface area contributed by atoms with Crippen LogP contribution in [0.15, 0.2) is 29.6 Å². The summed E-state index contributed by atoms with van der Waals surface area (Å²) in [6, 6.07) is 8.54. The van der Waals surface area contributed by atoms with Crippen molar-refractivity contribution < 1.29 is 5.11 Å². The van der Waals surface area contributed by atoms with E-state index in [0.717, 1.165) is 38.0 Å². The zero-order valence-electron chi connectivity index (χ0n) is 13.4. The molecule has 0 amide bonds.